The molecule has 0 fully saturated rings. The van der Waals surface area contributed by atoms with Crippen molar-refractivity contribution in [2.24, 2.45) is 5.92 Å². The van der Waals surface area contributed by atoms with E-state index in [-0.39, 0.29) is 17.9 Å². The first-order valence-corrected chi connectivity index (χ1v) is 6.20. The molecule has 1 aromatic rings. The van der Waals surface area contributed by atoms with E-state index in [1.807, 2.05) is 38.1 Å². The largest absolute Gasteiger partial charge is 0.399 e. The molecular weight excluding hydrogens is 212 g/mol. The fourth-order valence-electron chi connectivity index (χ4n) is 1.79. The monoisotopic (exact) mass is 234 g/mol. The first-order chi connectivity index (χ1) is 8.04. The SMILES string of the molecule is CCCC(C)C(=O)NC(C)c1ccc(N)cc1. The second-order valence-corrected chi connectivity index (χ2v) is 4.59. The van der Waals surface area contributed by atoms with Crippen LogP contribution in [0.25, 0.3) is 0 Å². The van der Waals surface area contributed by atoms with Gasteiger partial charge in [0, 0.05) is 11.6 Å². The van der Waals surface area contributed by atoms with E-state index in [9.17, 15) is 4.79 Å². The zero-order valence-electron chi connectivity index (χ0n) is 10.9. The van der Waals surface area contributed by atoms with Gasteiger partial charge in [0.25, 0.3) is 0 Å². The van der Waals surface area contributed by atoms with E-state index in [4.69, 9.17) is 5.73 Å². The third-order valence-electron chi connectivity index (χ3n) is 2.96. The summed E-state index contributed by atoms with van der Waals surface area (Å²) in [7, 11) is 0. The van der Waals surface area contributed by atoms with Crippen molar-refractivity contribution in [2.45, 2.75) is 39.7 Å². The fraction of sp³-hybridized carbons (Fsp3) is 0.500. The van der Waals surface area contributed by atoms with Crippen LogP contribution < -0.4 is 11.1 Å². The Labute approximate surface area is 103 Å². The van der Waals surface area contributed by atoms with E-state index in [1.54, 1.807) is 0 Å². The van der Waals surface area contributed by atoms with Gasteiger partial charge in [-0.3, -0.25) is 4.79 Å². The lowest BCUT2D eigenvalue weighted by Crippen LogP contribution is -2.31. The number of nitrogens with two attached hydrogens (primary N) is 1. The van der Waals surface area contributed by atoms with Gasteiger partial charge in [0.15, 0.2) is 0 Å². The van der Waals surface area contributed by atoms with E-state index in [1.165, 1.54) is 0 Å². The normalized spacial score (nSPS) is 14.1. The average molecular weight is 234 g/mol. The van der Waals surface area contributed by atoms with Gasteiger partial charge in [0.05, 0.1) is 6.04 Å². The lowest BCUT2D eigenvalue weighted by atomic mass is 10.0. The van der Waals surface area contributed by atoms with Crippen molar-refractivity contribution >= 4 is 11.6 Å². The fourth-order valence-corrected chi connectivity index (χ4v) is 1.79. The number of benzene rings is 1. The molecule has 3 N–H and O–H groups in total. The van der Waals surface area contributed by atoms with E-state index < -0.39 is 0 Å². The van der Waals surface area contributed by atoms with Crippen LogP contribution in [0.4, 0.5) is 5.69 Å². The molecule has 0 radical (unpaired) electrons. The van der Waals surface area contributed by atoms with Crippen LogP contribution in [-0.2, 0) is 4.79 Å². The standard InChI is InChI=1S/C14H22N2O/c1-4-5-10(2)14(17)16-11(3)12-6-8-13(15)9-7-12/h6-11H,4-5,15H2,1-3H3,(H,16,17). The highest BCUT2D eigenvalue weighted by molar-refractivity contribution is 5.78. The summed E-state index contributed by atoms with van der Waals surface area (Å²) in [4.78, 5) is 11.8. The van der Waals surface area contributed by atoms with Crippen LogP contribution in [0.3, 0.4) is 0 Å². The molecule has 3 heteroatoms. The van der Waals surface area contributed by atoms with Crippen molar-refractivity contribution in [3.8, 4) is 0 Å². The first kappa shape index (κ1) is 13.6. The minimum atomic E-state index is 0.0300. The Kier molecular flexibility index (Phi) is 5.01. The van der Waals surface area contributed by atoms with Gasteiger partial charge in [-0.05, 0) is 31.0 Å². The maximum absolute atomic E-state index is 11.8. The minimum absolute atomic E-state index is 0.0300. The zero-order chi connectivity index (χ0) is 12.8. The van der Waals surface area contributed by atoms with Crippen molar-refractivity contribution in [3.05, 3.63) is 29.8 Å². The van der Waals surface area contributed by atoms with Gasteiger partial charge in [0.1, 0.15) is 0 Å². The van der Waals surface area contributed by atoms with E-state index in [2.05, 4.69) is 12.2 Å². The molecule has 0 aromatic heterocycles. The number of amides is 1. The van der Waals surface area contributed by atoms with Crippen molar-refractivity contribution in [1.29, 1.82) is 0 Å². The molecule has 0 spiro atoms. The Bertz CT molecular complexity index is 359. The van der Waals surface area contributed by atoms with Crippen molar-refractivity contribution in [3.63, 3.8) is 0 Å². The molecule has 0 bridgehead atoms. The minimum Gasteiger partial charge on any atom is -0.399 e. The van der Waals surface area contributed by atoms with E-state index in [0.29, 0.717) is 0 Å². The molecule has 3 nitrogen and oxygen atoms in total. The second kappa shape index (κ2) is 6.28. The van der Waals surface area contributed by atoms with Gasteiger partial charge in [-0.1, -0.05) is 32.4 Å². The molecule has 1 aromatic carbocycles. The van der Waals surface area contributed by atoms with Crippen molar-refractivity contribution in [1.82, 2.24) is 5.32 Å². The summed E-state index contributed by atoms with van der Waals surface area (Å²) in [6, 6.07) is 7.64. The van der Waals surface area contributed by atoms with E-state index >= 15 is 0 Å². The molecule has 0 heterocycles. The molecule has 0 saturated carbocycles. The van der Waals surface area contributed by atoms with E-state index in [0.717, 1.165) is 24.1 Å². The molecule has 0 aliphatic heterocycles. The molecule has 0 aliphatic carbocycles. The van der Waals surface area contributed by atoms with Crippen LogP contribution in [0.1, 0.15) is 45.2 Å². The van der Waals surface area contributed by atoms with Gasteiger partial charge in [0.2, 0.25) is 5.91 Å². The summed E-state index contributed by atoms with van der Waals surface area (Å²) in [6.45, 7) is 6.05. The number of rotatable bonds is 5. The van der Waals surface area contributed by atoms with Crippen LogP contribution in [0.5, 0.6) is 0 Å². The molecule has 0 aliphatic rings. The average Bonchev–Trinajstić information content (AvgIpc) is 2.30. The Morgan fingerprint density at radius 2 is 1.88 bits per heavy atom. The zero-order valence-corrected chi connectivity index (χ0v) is 10.9. The Balaban J connectivity index is 2.57. The summed E-state index contributed by atoms with van der Waals surface area (Å²) in [5.41, 5.74) is 7.45. The van der Waals surface area contributed by atoms with Gasteiger partial charge in [-0.2, -0.15) is 0 Å². The quantitative estimate of drug-likeness (QED) is 0.770. The van der Waals surface area contributed by atoms with Crippen molar-refractivity contribution in [2.75, 3.05) is 5.73 Å². The maximum atomic E-state index is 11.8. The van der Waals surface area contributed by atoms with Gasteiger partial charge in [-0.15, -0.1) is 0 Å². The number of hydrogen-bond donors (Lipinski definition) is 2. The second-order valence-electron chi connectivity index (χ2n) is 4.59. The number of anilines is 1. The summed E-state index contributed by atoms with van der Waals surface area (Å²) < 4.78 is 0. The Hall–Kier alpha value is -1.51. The highest BCUT2D eigenvalue weighted by atomic mass is 16.1. The Morgan fingerprint density at radius 3 is 2.41 bits per heavy atom. The molecule has 1 amide bonds. The van der Waals surface area contributed by atoms with Crippen LogP contribution in [0, 0.1) is 5.92 Å². The molecule has 17 heavy (non-hydrogen) atoms. The topological polar surface area (TPSA) is 55.1 Å². The predicted octanol–water partition coefficient (Wildman–Crippen LogP) is 2.88. The highest BCUT2D eigenvalue weighted by Gasteiger charge is 2.14. The molecule has 2 unspecified atom stereocenters. The van der Waals surface area contributed by atoms with Gasteiger partial charge in [-0.25, -0.2) is 0 Å². The molecular formula is C14H22N2O. The summed E-state index contributed by atoms with van der Waals surface area (Å²) >= 11 is 0. The molecule has 1 rings (SSSR count). The summed E-state index contributed by atoms with van der Waals surface area (Å²) in [6.07, 6.45) is 1.96. The number of nitrogen functional groups attached to an aromatic ring is 1. The third kappa shape index (κ3) is 4.10. The highest BCUT2D eigenvalue weighted by Crippen LogP contribution is 2.15. The van der Waals surface area contributed by atoms with Gasteiger partial charge >= 0.3 is 0 Å². The number of hydrogen-bond acceptors (Lipinski definition) is 2. The Morgan fingerprint density at radius 1 is 1.29 bits per heavy atom. The number of nitrogens with one attached hydrogen (secondary N) is 1. The first-order valence-electron chi connectivity index (χ1n) is 6.20. The lowest BCUT2D eigenvalue weighted by Gasteiger charge is -2.17. The third-order valence-corrected chi connectivity index (χ3v) is 2.96. The smallest absolute Gasteiger partial charge is 0.223 e. The molecule has 2 atom stereocenters. The van der Waals surface area contributed by atoms with Crippen LogP contribution in [-0.4, -0.2) is 5.91 Å². The maximum Gasteiger partial charge on any atom is 0.223 e. The van der Waals surface area contributed by atoms with Gasteiger partial charge < -0.3 is 11.1 Å². The summed E-state index contributed by atoms with van der Waals surface area (Å²) in [5, 5.41) is 3.02. The molecule has 94 valence electrons. The van der Waals surface area contributed by atoms with Crippen molar-refractivity contribution < 1.29 is 4.79 Å². The van der Waals surface area contributed by atoms with Crippen LogP contribution in [0.15, 0.2) is 24.3 Å². The summed E-state index contributed by atoms with van der Waals surface area (Å²) in [5.74, 6) is 0.201. The van der Waals surface area contributed by atoms with Crippen LogP contribution >= 0.6 is 0 Å². The predicted molar refractivity (Wildman–Crippen MR) is 71.5 cm³/mol. The number of carbonyl (C=O) groups is 1. The lowest BCUT2D eigenvalue weighted by molar-refractivity contribution is -0.125. The molecule has 0 saturated heterocycles. The van der Waals surface area contributed by atoms with Crippen LogP contribution in [0.2, 0.25) is 0 Å². The number of carbonyl (C=O) groups excluding carboxylic acids is 1.